The minimum Gasteiger partial charge on any atom is -0.393 e. The summed E-state index contributed by atoms with van der Waals surface area (Å²) in [6.45, 7) is 1.86. The fourth-order valence-electron chi connectivity index (χ4n) is 1.37. The molecule has 0 aliphatic carbocycles. The molecular formula is C12H17ClN2O3. The van der Waals surface area contributed by atoms with Crippen LogP contribution in [0.1, 0.15) is 22.8 Å². The molecule has 1 rings (SSSR count). The Hall–Kier alpha value is -1.14. The molecule has 1 unspecified atom stereocenters. The van der Waals surface area contributed by atoms with Crippen LogP contribution in [0, 0.1) is 0 Å². The van der Waals surface area contributed by atoms with Gasteiger partial charge in [-0.2, -0.15) is 0 Å². The van der Waals surface area contributed by atoms with E-state index in [9.17, 15) is 9.90 Å². The number of amides is 1. The molecule has 0 bridgehead atoms. The van der Waals surface area contributed by atoms with Crippen LogP contribution in [0.3, 0.4) is 0 Å². The van der Waals surface area contributed by atoms with Crippen molar-refractivity contribution in [3.8, 4) is 0 Å². The zero-order valence-corrected chi connectivity index (χ0v) is 10.9. The minimum absolute atomic E-state index is 0.234. The topological polar surface area (TPSA) is 95.6 Å². The second kappa shape index (κ2) is 6.15. The van der Waals surface area contributed by atoms with Crippen LogP contribution in [0.4, 0.5) is 0 Å². The lowest BCUT2D eigenvalue weighted by molar-refractivity contribution is 0.00254. The van der Waals surface area contributed by atoms with Crippen molar-refractivity contribution in [2.24, 2.45) is 5.73 Å². The fraction of sp³-hybridized carbons (Fsp3) is 0.417. The van der Waals surface area contributed by atoms with Gasteiger partial charge in [-0.25, -0.2) is 0 Å². The van der Waals surface area contributed by atoms with E-state index in [1.165, 1.54) is 13.0 Å². The summed E-state index contributed by atoms with van der Waals surface area (Å²) < 4.78 is 0. The summed E-state index contributed by atoms with van der Waals surface area (Å²) in [5.41, 5.74) is 5.11. The molecule has 0 spiro atoms. The average Bonchev–Trinajstić information content (AvgIpc) is 2.31. The normalized spacial score (nSPS) is 14.2. The number of carbonyl (C=O) groups is 1. The Kier molecular flexibility index (Phi) is 5.10. The van der Waals surface area contributed by atoms with Crippen LogP contribution in [-0.4, -0.2) is 34.9 Å². The van der Waals surface area contributed by atoms with Crippen LogP contribution in [0.25, 0.3) is 0 Å². The first-order valence-corrected chi connectivity index (χ1v) is 5.86. The third kappa shape index (κ3) is 4.27. The van der Waals surface area contributed by atoms with E-state index >= 15 is 0 Å². The van der Waals surface area contributed by atoms with Gasteiger partial charge in [-0.1, -0.05) is 17.7 Å². The van der Waals surface area contributed by atoms with Crippen molar-refractivity contribution in [2.75, 3.05) is 13.2 Å². The van der Waals surface area contributed by atoms with Crippen LogP contribution in [0.5, 0.6) is 0 Å². The van der Waals surface area contributed by atoms with Gasteiger partial charge >= 0.3 is 0 Å². The third-order valence-corrected chi connectivity index (χ3v) is 2.85. The quantitative estimate of drug-likeness (QED) is 0.598. The van der Waals surface area contributed by atoms with Gasteiger partial charge in [-0.05, 0) is 24.6 Å². The smallest absolute Gasteiger partial charge is 0.248 e. The van der Waals surface area contributed by atoms with Crippen molar-refractivity contribution in [2.45, 2.75) is 19.1 Å². The Morgan fingerprint density at radius 1 is 1.56 bits per heavy atom. The molecule has 1 amide bonds. The highest BCUT2D eigenvalue weighted by Crippen LogP contribution is 2.17. The van der Waals surface area contributed by atoms with Crippen LogP contribution in [-0.2, 0) is 6.54 Å². The second-order valence-corrected chi connectivity index (χ2v) is 4.84. The van der Waals surface area contributed by atoms with Gasteiger partial charge in [0.15, 0.2) is 0 Å². The standard InChI is InChI=1S/C12H17ClN2O3/c1-12(18,7-16)6-15-5-9-3-2-8(11(14)17)4-10(9)13/h2-4,15-16,18H,5-7H2,1H3,(H2,14,17). The highest BCUT2D eigenvalue weighted by Gasteiger charge is 2.18. The molecule has 1 aromatic carbocycles. The Bertz CT molecular complexity index is 435. The maximum atomic E-state index is 10.9. The van der Waals surface area contributed by atoms with Gasteiger partial charge in [0.2, 0.25) is 5.91 Å². The molecule has 0 aliphatic heterocycles. The molecule has 0 fully saturated rings. The molecule has 18 heavy (non-hydrogen) atoms. The van der Waals surface area contributed by atoms with E-state index in [0.29, 0.717) is 17.1 Å². The maximum absolute atomic E-state index is 10.9. The van der Waals surface area contributed by atoms with E-state index in [4.69, 9.17) is 22.4 Å². The number of halogens is 1. The molecule has 5 nitrogen and oxygen atoms in total. The van der Waals surface area contributed by atoms with Gasteiger partial charge in [-0.15, -0.1) is 0 Å². The summed E-state index contributed by atoms with van der Waals surface area (Å²) in [7, 11) is 0. The molecule has 1 aromatic rings. The lowest BCUT2D eigenvalue weighted by Crippen LogP contribution is -2.40. The minimum atomic E-state index is -1.17. The van der Waals surface area contributed by atoms with E-state index < -0.39 is 11.5 Å². The highest BCUT2D eigenvalue weighted by molar-refractivity contribution is 6.31. The number of primary amides is 1. The first-order chi connectivity index (χ1) is 8.35. The van der Waals surface area contributed by atoms with Crippen molar-refractivity contribution in [3.05, 3.63) is 34.3 Å². The lowest BCUT2D eigenvalue weighted by Gasteiger charge is -2.20. The molecule has 0 saturated carbocycles. The fourth-order valence-corrected chi connectivity index (χ4v) is 1.61. The van der Waals surface area contributed by atoms with Gasteiger partial charge in [0.25, 0.3) is 0 Å². The van der Waals surface area contributed by atoms with Crippen LogP contribution in [0.2, 0.25) is 5.02 Å². The van der Waals surface area contributed by atoms with Crippen LogP contribution >= 0.6 is 11.6 Å². The van der Waals surface area contributed by atoms with Crippen molar-refractivity contribution in [1.82, 2.24) is 5.32 Å². The van der Waals surface area contributed by atoms with Gasteiger partial charge < -0.3 is 21.3 Å². The highest BCUT2D eigenvalue weighted by atomic mass is 35.5. The molecule has 1 atom stereocenters. The summed E-state index contributed by atoms with van der Waals surface area (Å²) in [6, 6.07) is 4.80. The number of hydrogen-bond donors (Lipinski definition) is 4. The van der Waals surface area contributed by atoms with Crippen molar-refractivity contribution in [3.63, 3.8) is 0 Å². The van der Waals surface area contributed by atoms with E-state index in [0.717, 1.165) is 5.56 Å². The predicted octanol–water partition coefficient (Wildman–Crippen LogP) is 0.272. The Balaban J connectivity index is 2.61. The Morgan fingerprint density at radius 2 is 2.22 bits per heavy atom. The molecule has 5 N–H and O–H groups in total. The van der Waals surface area contributed by atoms with Crippen molar-refractivity contribution < 1.29 is 15.0 Å². The molecule has 0 radical (unpaired) electrons. The molecule has 0 aliphatic rings. The predicted molar refractivity (Wildman–Crippen MR) is 69.4 cm³/mol. The maximum Gasteiger partial charge on any atom is 0.248 e. The summed E-state index contributed by atoms with van der Waals surface area (Å²) in [5.74, 6) is -0.528. The van der Waals surface area contributed by atoms with E-state index in [1.54, 1.807) is 12.1 Å². The largest absolute Gasteiger partial charge is 0.393 e. The first-order valence-electron chi connectivity index (χ1n) is 5.48. The lowest BCUT2D eigenvalue weighted by atomic mass is 10.1. The Labute approximate surface area is 111 Å². The molecule has 0 aromatic heterocycles. The first kappa shape index (κ1) is 14.9. The molecule has 6 heteroatoms. The van der Waals surface area contributed by atoms with E-state index in [-0.39, 0.29) is 13.2 Å². The van der Waals surface area contributed by atoms with E-state index in [2.05, 4.69) is 5.32 Å². The summed E-state index contributed by atoms with van der Waals surface area (Å²) >= 11 is 6.00. The summed E-state index contributed by atoms with van der Waals surface area (Å²) in [5, 5.41) is 21.9. The molecule has 100 valence electrons. The SMILES string of the molecule is CC(O)(CO)CNCc1ccc(C(N)=O)cc1Cl. The zero-order valence-electron chi connectivity index (χ0n) is 10.1. The number of aliphatic hydroxyl groups is 2. The number of hydrogen-bond acceptors (Lipinski definition) is 4. The van der Waals surface area contributed by atoms with Gasteiger partial charge in [0.05, 0.1) is 12.2 Å². The van der Waals surface area contributed by atoms with Crippen molar-refractivity contribution in [1.29, 1.82) is 0 Å². The van der Waals surface area contributed by atoms with Crippen LogP contribution < -0.4 is 11.1 Å². The zero-order chi connectivity index (χ0) is 13.8. The third-order valence-electron chi connectivity index (χ3n) is 2.50. The number of rotatable bonds is 6. The summed E-state index contributed by atoms with van der Waals surface area (Å²) in [6.07, 6.45) is 0. The molecule has 0 saturated heterocycles. The monoisotopic (exact) mass is 272 g/mol. The average molecular weight is 273 g/mol. The summed E-state index contributed by atoms with van der Waals surface area (Å²) in [4.78, 5) is 10.9. The van der Waals surface area contributed by atoms with Gasteiger partial charge in [0, 0.05) is 23.7 Å². The number of aliphatic hydroxyl groups excluding tert-OH is 1. The molecular weight excluding hydrogens is 256 g/mol. The second-order valence-electron chi connectivity index (χ2n) is 4.43. The number of benzene rings is 1. The van der Waals surface area contributed by atoms with Crippen LogP contribution in [0.15, 0.2) is 18.2 Å². The molecule has 0 heterocycles. The van der Waals surface area contributed by atoms with Gasteiger partial charge in [0.1, 0.15) is 0 Å². The number of nitrogens with one attached hydrogen (secondary N) is 1. The van der Waals surface area contributed by atoms with E-state index in [1.807, 2.05) is 0 Å². The Morgan fingerprint density at radius 3 is 2.72 bits per heavy atom. The van der Waals surface area contributed by atoms with Gasteiger partial charge in [-0.3, -0.25) is 4.79 Å². The number of nitrogens with two attached hydrogens (primary N) is 1. The number of carbonyl (C=O) groups excluding carboxylic acids is 1. The van der Waals surface area contributed by atoms with Crippen molar-refractivity contribution >= 4 is 17.5 Å².